The number of carbonyl (C=O) groups is 1. The van der Waals surface area contributed by atoms with Crippen LogP contribution >= 0.6 is 0 Å². The second-order valence-corrected chi connectivity index (χ2v) is 8.19. The summed E-state index contributed by atoms with van der Waals surface area (Å²) in [5, 5.41) is 0. The van der Waals surface area contributed by atoms with E-state index in [1.807, 2.05) is 43.0 Å². The van der Waals surface area contributed by atoms with Crippen LogP contribution in [0.1, 0.15) is 37.6 Å². The van der Waals surface area contributed by atoms with E-state index in [-0.39, 0.29) is 5.91 Å². The molecule has 0 aliphatic carbocycles. The number of carbonyl (C=O) groups excluding carboxylic acids is 1. The van der Waals surface area contributed by atoms with Gasteiger partial charge in [-0.25, -0.2) is 0 Å². The Morgan fingerprint density at radius 2 is 1.80 bits per heavy atom. The van der Waals surface area contributed by atoms with Gasteiger partial charge in [0, 0.05) is 48.7 Å². The average molecular weight is 410 g/mol. The number of likely N-dealkylation sites (tertiary alicyclic amines) is 1. The Kier molecular flexibility index (Phi) is 7.38. The molecule has 0 radical (unpaired) electrons. The molecule has 5 heteroatoms. The first-order valence-electron chi connectivity index (χ1n) is 11.0. The monoisotopic (exact) mass is 409 g/mol. The summed E-state index contributed by atoms with van der Waals surface area (Å²) in [7, 11) is 3.89. The van der Waals surface area contributed by atoms with Crippen molar-refractivity contribution in [1.29, 1.82) is 0 Å². The van der Waals surface area contributed by atoms with E-state index < -0.39 is 0 Å². The number of piperidine rings is 1. The summed E-state index contributed by atoms with van der Waals surface area (Å²) >= 11 is 0. The highest BCUT2D eigenvalue weighted by Crippen LogP contribution is 2.35. The maximum Gasteiger partial charge on any atom is 0.253 e. The topological polar surface area (TPSA) is 36.0 Å². The van der Waals surface area contributed by atoms with Crippen LogP contribution in [0.25, 0.3) is 0 Å². The molecule has 1 fully saturated rings. The number of nitrogens with zero attached hydrogens (tertiary/aromatic N) is 3. The zero-order valence-corrected chi connectivity index (χ0v) is 19.0. The number of hydrogen-bond donors (Lipinski definition) is 0. The fraction of sp³-hybridized carbons (Fsp3) is 0.480. The van der Waals surface area contributed by atoms with Crippen molar-refractivity contribution >= 4 is 17.3 Å². The van der Waals surface area contributed by atoms with Crippen molar-refractivity contribution in [2.45, 2.75) is 33.2 Å². The van der Waals surface area contributed by atoms with Gasteiger partial charge in [-0.1, -0.05) is 13.0 Å². The number of amides is 1. The number of anilines is 2. The van der Waals surface area contributed by atoms with E-state index in [1.54, 1.807) is 7.11 Å². The molecule has 2 aromatic rings. The molecule has 2 atom stereocenters. The van der Waals surface area contributed by atoms with Crippen LogP contribution in [0.4, 0.5) is 11.4 Å². The van der Waals surface area contributed by atoms with Gasteiger partial charge in [-0.3, -0.25) is 4.79 Å². The van der Waals surface area contributed by atoms with Crippen molar-refractivity contribution in [1.82, 2.24) is 9.80 Å². The lowest BCUT2D eigenvalue weighted by Gasteiger charge is -2.43. The van der Waals surface area contributed by atoms with Crippen LogP contribution < -0.4 is 9.64 Å². The van der Waals surface area contributed by atoms with Crippen LogP contribution in [0.5, 0.6) is 5.75 Å². The third-order valence-electron chi connectivity index (χ3n) is 6.17. The first kappa shape index (κ1) is 22.2. The minimum absolute atomic E-state index is 0.0899. The van der Waals surface area contributed by atoms with E-state index in [2.05, 4.69) is 48.0 Å². The van der Waals surface area contributed by atoms with Crippen LogP contribution in [0, 0.1) is 5.92 Å². The van der Waals surface area contributed by atoms with Gasteiger partial charge in [0.2, 0.25) is 0 Å². The van der Waals surface area contributed by atoms with Gasteiger partial charge in [-0.05, 0) is 76.2 Å². The summed E-state index contributed by atoms with van der Waals surface area (Å²) in [4.78, 5) is 19.4. The zero-order chi connectivity index (χ0) is 21.7. The lowest BCUT2D eigenvalue weighted by atomic mass is 9.91. The SMILES string of the molecule is CCN(CC)C(=O)c1ccc(N(c2cccc(OC)c2)[C@@H]2CCN(C)C[C@H]2C)cc1. The minimum Gasteiger partial charge on any atom is -0.497 e. The Hall–Kier alpha value is -2.53. The molecule has 1 saturated heterocycles. The van der Waals surface area contributed by atoms with Crippen molar-refractivity contribution in [3.8, 4) is 5.75 Å². The predicted molar refractivity (Wildman–Crippen MR) is 124 cm³/mol. The molecule has 3 rings (SSSR count). The summed E-state index contributed by atoms with van der Waals surface area (Å²) in [5.41, 5.74) is 2.98. The van der Waals surface area contributed by atoms with Gasteiger partial charge in [0.25, 0.3) is 5.91 Å². The van der Waals surface area contributed by atoms with Crippen LogP contribution in [0.15, 0.2) is 48.5 Å². The standard InChI is InChI=1S/C25H35N3O2/c1-6-27(7-2)25(29)20-11-13-21(14-12-20)28(22-9-8-10-23(17-22)30-5)24-15-16-26(4)18-19(24)3/h8-14,17,19,24H,6-7,15-16,18H2,1-5H3/t19-,24-/m1/s1. The highest BCUT2D eigenvalue weighted by Gasteiger charge is 2.31. The molecule has 0 spiro atoms. The second kappa shape index (κ2) is 9.98. The van der Waals surface area contributed by atoms with E-state index in [4.69, 9.17) is 4.74 Å². The van der Waals surface area contributed by atoms with Crippen molar-refractivity contribution in [3.63, 3.8) is 0 Å². The highest BCUT2D eigenvalue weighted by atomic mass is 16.5. The van der Waals surface area contributed by atoms with E-state index in [0.29, 0.717) is 12.0 Å². The molecule has 30 heavy (non-hydrogen) atoms. The molecule has 1 aliphatic heterocycles. The fourth-order valence-electron chi connectivity index (χ4n) is 4.48. The Labute approximate surface area is 181 Å². The number of rotatable bonds is 7. The summed E-state index contributed by atoms with van der Waals surface area (Å²) in [6.07, 6.45) is 1.09. The Morgan fingerprint density at radius 3 is 2.40 bits per heavy atom. The van der Waals surface area contributed by atoms with E-state index in [1.165, 1.54) is 0 Å². The summed E-state index contributed by atoms with van der Waals surface area (Å²) in [6, 6.07) is 16.7. The second-order valence-electron chi connectivity index (χ2n) is 8.19. The molecule has 0 saturated carbocycles. The molecule has 162 valence electrons. The average Bonchev–Trinajstić information content (AvgIpc) is 2.77. The summed E-state index contributed by atoms with van der Waals surface area (Å²) < 4.78 is 5.49. The van der Waals surface area contributed by atoms with Gasteiger partial charge in [0.1, 0.15) is 5.75 Å². The van der Waals surface area contributed by atoms with Crippen LogP contribution in [0.3, 0.4) is 0 Å². The van der Waals surface area contributed by atoms with Gasteiger partial charge in [0.05, 0.1) is 7.11 Å². The van der Waals surface area contributed by atoms with Gasteiger partial charge in [0.15, 0.2) is 0 Å². The lowest BCUT2D eigenvalue weighted by molar-refractivity contribution is 0.0773. The van der Waals surface area contributed by atoms with Crippen molar-refractivity contribution in [2.75, 3.05) is 45.2 Å². The largest absolute Gasteiger partial charge is 0.497 e. The van der Waals surface area contributed by atoms with E-state index in [9.17, 15) is 4.79 Å². The van der Waals surface area contributed by atoms with Gasteiger partial charge in [-0.15, -0.1) is 0 Å². The van der Waals surface area contributed by atoms with Crippen LogP contribution in [-0.4, -0.2) is 62.1 Å². The van der Waals surface area contributed by atoms with E-state index >= 15 is 0 Å². The third kappa shape index (κ3) is 4.78. The number of methoxy groups -OCH3 is 1. The molecule has 2 aromatic carbocycles. The molecule has 0 bridgehead atoms. The normalized spacial score (nSPS) is 19.4. The molecule has 0 unspecified atom stereocenters. The number of benzene rings is 2. The summed E-state index contributed by atoms with van der Waals surface area (Å²) in [5.74, 6) is 1.46. The number of hydrogen-bond acceptors (Lipinski definition) is 4. The molecule has 1 amide bonds. The molecular weight excluding hydrogens is 374 g/mol. The summed E-state index contributed by atoms with van der Waals surface area (Å²) in [6.45, 7) is 9.95. The van der Waals surface area contributed by atoms with Crippen molar-refractivity contribution in [3.05, 3.63) is 54.1 Å². The third-order valence-corrected chi connectivity index (χ3v) is 6.17. The highest BCUT2D eigenvalue weighted by molar-refractivity contribution is 5.94. The maximum absolute atomic E-state index is 12.7. The minimum atomic E-state index is 0.0899. The Bertz CT molecular complexity index is 833. The van der Waals surface area contributed by atoms with Crippen LogP contribution in [-0.2, 0) is 0 Å². The lowest BCUT2D eigenvalue weighted by Crippen LogP contribution is -2.47. The van der Waals surface area contributed by atoms with Gasteiger partial charge >= 0.3 is 0 Å². The Morgan fingerprint density at radius 1 is 1.10 bits per heavy atom. The fourth-order valence-corrected chi connectivity index (χ4v) is 4.48. The van der Waals surface area contributed by atoms with Gasteiger partial charge in [-0.2, -0.15) is 0 Å². The molecule has 0 N–H and O–H groups in total. The van der Waals surface area contributed by atoms with Crippen LogP contribution in [0.2, 0.25) is 0 Å². The molecule has 1 aliphatic rings. The molecule has 5 nitrogen and oxygen atoms in total. The number of ether oxygens (including phenoxy) is 1. The van der Waals surface area contributed by atoms with E-state index in [0.717, 1.165) is 55.3 Å². The van der Waals surface area contributed by atoms with Gasteiger partial charge < -0.3 is 19.4 Å². The van der Waals surface area contributed by atoms with Crippen molar-refractivity contribution < 1.29 is 9.53 Å². The maximum atomic E-state index is 12.7. The first-order chi connectivity index (χ1) is 14.5. The first-order valence-corrected chi connectivity index (χ1v) is 11.0. The zero-order valence-electron chi connectivity index (χ0n) is 19.0. The predicted octanol–water partition coefficient (Wildman–Crippen LogP) is 4.66. The molecule has 0 aromatic heterocycles. The quantitative estimate of drug-likeness (QED) is 0.667. The van der Waals surface area contributed by atoms with Crippen molar-refractivity contribution in [2.24, 2.45) is 5.92 Å². The Balaban J connectivity index is 1.96. The smallest absolute Gasteiger partial charge is 0.253 e. The molecular formula is C25H35N3O2. The molecule has 1 heterocycles.